The number of rotatable bonds is 4. The van der Waals surface area contributed by atoms with Crippen LogP contribution in [-0.4, -0.2) is 46.8 Å². The van der Waals surface area contributed by atoms with Crippen molar-refractivity contribution in [2.45, 2.75) is 33.1 Å². The van der Waals surface area contributed by atoms with Crippen molar-refractivity contribution in [2.75, 3.05) is 26.2 Å². The van der Waals surface area contributed by atoms with Gasteiger partial charge in [-0.2, -0.15) is 5.10 Å². The Morgan fingerprint density at radius 1 is 1.50 bits per heavy atom. The van der Waals surface area contributed by atoms with E-state index in [1.165, 1.54) is 12.8 Å². The molecule has 0 saturated carbocycles. The maximum atomic E-state index is 12.2. The molecule has 1 aliphatic rings. The van der Waals surface area contributed by atoms with Gasteiger partial charge in [0, 0.05) is 32.3 Å². The molecule has 1 aliphatic heterocycles. The van der Waals surface area contributed by atoms with E-state index in [0.29, 0.717) is 11.5 Å². The second-order valence-corrected chi connectivity index (χ2v) is 5.93. The van der Waals surface area contributed by atoms with E-state index in [1.807, 2.05) is 14.0 Å². The van der Waals surface area contributed by atoms with Crippen LogP contribution in [0.25, 0.3) is 0 Å². The third kappa shape index (κ3) is 4.35. The lowest BCUT2D eigenvalue weighted by Gasteiger charge is -2.31. The molecule has 0 spiro atoms. The molecule has 1 aromatic heterocycles. The van der Waals surface area contributed by atoms with Gasteiger partial charge in [0.05, 0.1) is 18.3 Å². The van der Waals surface area contributed by atoms with E-state index in [4.69, 9.17) is 0 Å². The van der Waals surface area contributed by atoms with Crippen molar-refractivity contribution in [3.05, 3.63) is 17.5 Å². The first-order chi connectivity index (χ1) is 10.6. The van der Waals surface area contributed by atoms with Crippen molar-refractivity contribution >= 4 is 5.91 Å². The summed E-state index contributed by atoms with van der Waals surface area (Å²) < 4.78 is 1.73. The summed E-state index contributed by atoms with van der Waals surface area (Å²) in [5.74, 6) is 6.82. The Balaban J connectivity index is 1.81. The van der Waals surface area contributed by atoms with Crippen LogP contribution in [0.4, 0.5) is 0 Å². The molecule has 0 bridgehead atoms. The molecule has 5 nitrogen and oxygen atoms in total. The molecule has 0 aliphatic carbocycles. The molecule has 1 atom stereocenters. The number of nitrogens with one attached hydrogen (secondary N) is 1. The highest BCUT2D eigenvalue weighted by Crippen LogP contribution is 2.15. The fourth-order valence-corrected chi connectivity index (χ4v) is 2.81. The Hall–Kier alpha value is -1.80. The normalized spacial score (nSPS) is 18.6. The number of hydrogen-bond acceptors (Lipinski definition) is 3. The predicted octanol–water partition coefficient (Wildman–Crippen LogP) is 1.58. The van der Waals surface area contributed by atoms with Gasteiger partial charge in [-0.05, 0) is 32.2 Å². The molecule has 5 heteroatoms. The lowest BCUT2D eigenvalue weighted by molar-refractivity contribution is 0.0934. The van der Waals surface area contributed by atoms with E-state index < -0.39 is 0 Å². The molecule has 1 aromatic rings. The summed E-state index contributed by atoms with van der Waals surface area (Å²) in [5.41, 5.74) is 1.57. The Bertz CT molecular complexity index is 567. The van der Waals surface area contributed by atoms with Gasteiger partial charge in [0.15, 0.2) is 0 Å². The molecule has 2 rings (SSSR count). The number of aromatic nitrogens is 2. The van der Waals surface area contributed by atoms with Crippen LogP contribution in [0.5, 0.6) is 0 Å². The number of piperidine rings is 1. The molecule has 1 fully saturated rings. The summed E-state index contributed by atoms with van der Waals surface area (Å²) in [7, 11) is 1.85. The van der Waals surface area contributed by atoms with Crippen LogP contribution in [-0.2, 0) is 7.05 Å². The van der Waals surface area contributed by atoms with Gasteiger partial charge in [-0.1, -0.05) is 12.8 Å². The van der Waals surface area contributed by atoms with Crippen LogP contribution in [0, 0.1) is 24.7 Å². The van der Waals surface area contributed by atoms with Gasteiger partial charge in [-0.3, -0.25) is 14.4 Å². The Morgan fingerprint density at radius 3 is 3.00 bits per heavy atom. The quantitative estimate of drug-likeness (QED) is 0.859. The molecule has 1 N–H and O–H groups in total. The van der Waals surface area contributed by atoms with Gasteiger partial charge >= 0.3 is 0 Å². The molecular weight excluding hydrogens is 276 g/mol. The molecule has 2 heterocycles. The van der Waals surface area contributed by atoms with Crippen LogP contribution >= 0.6 is 0 Å². The van der Waals surface area contributed by atoms with Gasteiger partial charge < -0.3 is 5.32 Å². The van der Waals surface area contributed by atoms with Crippen molar-refractivity contribution in [2.24, 2.45) is 13.0 Å². The van der Waals surface area contributed by atoms with Crippen molar-refractivity contribution in [3.8, 4) is 11.8 Å². The first kappa shape index (κ1) is 16.6. The molecule has 120 valence electrons. The van der Waals surface area contributed by atoms with E-state index in [0.717, 1.165) is 38.3 Å². The van der Waals surface area contributed by atoms with Crippen molar-refractivity contribution < 1.29 is 4.79 Å². The summed E-state index contributed by atoms with van der Waals surface area (Å²) in [4.78, 5) is 14.6. The van der Waals surface area contributed by atoms with E-state index in [9.17, 15) is 4.79 Å². The van der Waals surface area contributed by atoms with Gasteiger partial charge in [-0.25, -0.2) is 0 Å². The fraction of sp³-hybridized carbons (Fsp3) is 0.647. The van der Waals surface area contributed by atoms with Crippen molar-refractivity contribution in [1.29, 1.82) is 0 Å². The SMILES string of the molecule is CCC#CCN1CCCC(CNC(=O)c2cnn(C)c2C)C1. The van der Waals surface area contributed by atoms with Gasteiger partial charge in [-0.15, -0.1) is 5.92 Å². The molecule has 1 amide bonds. The molecule has 0 aromatic carbocycles. The topological polar surface area (TPSA) is 50.2 Å². The van der Waals surface area contributed by atoms with Gasteiger partial charge in [0.1, 0.15) is 0 Å². The lowest BCUT2D eigenvalue weighted by atomic mass is 9.98. The van der Waals surface area contributed by atoms with Crippen LogP contribution in [0.1, 0.15) is 42.2 Å². The van der Waals surface area contributed by atoms with Gasteiger partial charge in [0.25, 0.3) is 5.91 Å². The maximum absolute atomic E-state index is 12.2. The third-order valence-electron chi connectivity index (χ3n) is 4.24. The first-order valence-electron chi connectivity index (χ1n) is 8.06. The summed E-state index contributed by atoms with van der Waals surface area (Å²) in [6.45, 7) is 7.69. The number of hydrogen-bond donors (Lipinski definition) is 1. The van der Waals surface area contributed by atoms with E-state index in [2.05, 4.69) is 34.1 Å². The minimum Gasteiger partial charge on any atom is -0.352 e. The minimum absolute atomic E-state index is 0.0199. The molecular formula is C17H26N4O. The zero-order valence-electron chi connectivity index (χ0n) is 13.9. The number of carbonyl (C=O) groups is 1. The molecule has 1 saturated heterocycles. The summed E-state index contributed by atoms with van der Waals surface area (Å²) in [5, 5.41) is 7.17. The summed E-state index contributed by atoms with van der Waals surface area (Å²) >= 11 is 0. The van der Waals surface area contributed by atoms with Crippen LogP contribution < -0.4 is 5.32 Å². The van der Waals surface area contributed by atoms with Crippen LogP contribution in [0.3, 0.4) is 0 Å². The number of carbonyl (C=O) groups excluding carboxylic acids is 1. The number of nitrogens with zero attached hydrogens (tertiary/aromatic N) is 3. The highest BCUT2D eigenvalue weighted by atomic mass is 16.1. The fourth-order valence-electron chi connectivity index (χ4n) is 2.81. The number of aryl methyl sites for hydroxylation is 1. The van der Waals surface area contributed by atoms with E-state index in [1.54, 1.807) is 10.9 Å². The lowest BCUT2D eigenvalue weighted by Crippen LogP contribution is -2.41. The highest BCUT2D eigenvalue weighted by Gasteiger charge is 2.20. The minimum atomic E-state index is -0.0199. The zero-order valence-corrected chi connectivity index (χ0v) is 13.9. The van der Waals surface area contributed by atoms with Crippen molar-refractivity contribution in [1.82, 2.24) is 20.0 Å². The molecule has 1 unspecified atom stereocenters. The Kier molecular flexibility index (Phi) is 6.02. The van der Waals surface area contributed by atoms with Crippen LogP contribution in [0.15, 0.2) is 6.20 Å². The van der Waals surface area contributed by atoms with Crippen molar-refractivity contribution in [3.63, 3.8) is 0 Å². The Morgan fingerprint density at radius 2 is 2.32 bits per heavy atom. The number of likely N-dealkylation sites (tertiary alicyclic amines) is 1. The zero-order chi connectivity index (χ0) is 15.9. The smallest absolute Gasteiger partial charge is 0.254 e. The monoisotopic (exact) mass is 302 g/mol. The average molecular weight is 302 g/mol. The Labute approximate surface area is 133 Å². The molecule has 22 heavy (non-hydrogen) atoms. The molecule has 0 radical (unpaired) electrons. The average Bonchev–Trinajstić information content (AvgIpc) is 2.85. The predicted molar refractivity (Wildman–Crippen MR) is 87.5 cm³/mol. The summed E-state index contributed by atoms with van der Waals surface area (Å²) in [6.07, 6.45) is 4.90. The van der Waals surface area contributed by atoms with Gasteiger partial charge in [0.2, 0.25) is 0 Å². The number of amides is 1. The van der Waals surface area contributed by atoms with E-state index >= 15 is 0 Å². The maximum Gasteiger partial charge on any atom is 0.254 e. The second-order valence-electron chi connectivity index (χ2n) is 5.93. The largest absolute Gasteiger partial charge is 0.352 e. The third-order valence-corrected chi connectivity index (χ3v) is 4.24. The van der Waals surface area contributed by atoms with Crippen LogP contribution in [0.2, 0.25) is 0 Å². The summed E-state index contributed by atoms with van der Waals surface area (Å²) in [6, 6.07) is 0. The first-order valence-corrected chi connectivity index (χ1v) is 8.06. The highest BCUT2D eigenvalue weighted by molar-refractivity contribution is 5.95. The standard InChI is InChI=1S/C17H26N4O/c1-4-5-6-9-21-10-7-8-15(13-21)11-18-17(22)16-12-19-20(3)14(16)2/h12,15H,4,7-11,13H2,1-3H3,(H,18,22). The second kappa shape index (κ2) is 8.00. The van der Waals surface area contributed by atoms with E-state index in [-0.39, 0.29) is 5.91 Å².